The van der Waals surface area contributed by atoms with Crippen LogP contribution in [-0.2, 0) is 9.59 Å². The first kappa shape index (κ1) is 24.8. The second kappa shape index (κ2) is 9.65. The molecule has 0 heterocycles. The Morgan fingerprint density at radius 1 is 0.714 bits per heavy atom. The van der Waals surface area contributed by atoms with Crippen LogP contribution in [0.4, 0.5) is 44.3 Å². The van der Waals surface area contributed by atoms with Gasteiger partial charge >= 0.3 is 24.2 Å². The van der Waals surface area contributed by atoms with E-state index in [1.54, 1.807) is 0 Å². The van der Waals surface area contributed by atoms with E-state index in [4.69, 9.17) is 0 Å². The van der Waals surface area contributed by atoms with Crippen molar-refractivity contribution in [1.82, 2.24) is 21.8 Å². The van der Waals surface area contributed by atoms with Crippen LogP contribution in [0.1, 0.15) is 0 Å². The first-order valence-electron chi connectivity index (χ1n) is 3.65. The van der Waals surface area contributed by atoms with Gasteiger partial charge in [-0.3, -0.25) is 9.59 Å². The van der Waals surface area contributed by atoms with Crippen molar-refractivity contribution in [2.45, 2.75) is 12.4 Å². The molecule has 0 spiro atoms. The third-order valence-electron chi connectivity index (χ3n) is 0.990. The van der Waals surface area contributed by atoms with Crippen LogP contribution in [0.2, 0.25) is 0 Å². The van der Waals surface area contributed by atoms with Crippen molar-refractivity contribution < 1.29 is 53.9 Å². The zero-order valence-corrected chi connectivity index (χ0v) is 9.49. The van der Waals surface area contributed by atoms with E-state index in [0.717, 1.165) is 0 Å². The molecule has 0 aliphatic heterocycles. The zero-order chi connectivity index (χ0) is 16.7. The largest absolute Gasteiger partial charge is 0.475 e. The summed E-state index contributed by atoms with van der Waals surface area (Å²) in [5, 5.41) is -3.61. The molecule has 21 heavy (non-hydrogen) atoms. The summed E-state index contributed by atoms with van der Waals surface area (Å²) in [7, 11) is 0. The number of nitrogens with one attached hydrogen (secondary N) is 2. The Balaban J connectivity index is -0.000000295. The van der Waals surface area contributed by atoms with Gasteiger partial charge in [-0.25, -0.2) is 0 Å². The van der Waals surface area contributed by atoms with Gasteiger partial charge < -0.3 is 0 Å². The van der Waals surface area contributed by atoms with Crippen LogP contribution in [0, 0.1) is 0 Å². The number of hydrogen-bond donors (Lipinski definition) is 2. The van der Waals surface area contributed by atoms with Gasteiger partial charge in [0.15, 0.2) is 0 Å². The predicted molar refractivity (Wildman–Crippen MR) is 42.3 cm³/mol. The van der Waals surface area contributed by atoms with Gasteiger partial charge in [0.05, 0.1) is 0 Å². The molecular formula is C4H2F10LiN4O2. The number of rotatable bonds is 2. The van der Waals surface area contributed by atoms with Gasteiger partial charge in [0.2, 0.25) is 0 Å². The van der Waals surface area contributed by atoms with Gasteiger partial charge in [0, 0.05) is 18.9 Å². The molecule has 17 heteroatoms. The number of amides is 2. The molecule has 0 rings (SSSR count). The average molecular weight is 335 g/mol. The third-order valence-corrected chi connectivity index (χ3v) is 0.990. The molecule has 2 N–H and O–H groups in total. The predicted octanol–water partition coefficient (Wildman–Crippen LogP) is 0.921. The summed E-state index contributed by atoms with van der Waals surface area (Å²) in [5.41, 5.74) is -0.263. The maximum atomic E-state index is 11.3. The van der Waals surface area contributed by atoms with Crippen LogP contribution in [0.5, 0.6) is 0 Å². The molecule has 1 radical (unpaired) electrons. The van der Waals surface area contributed by atoms with E-state index >= 15 is 0 Å². The summed E-state index contributed by atoms with van der Waals surface area (Å²) in [6.07, 6.45) is -10.8. The fourth-order valence-electron chi connectivity index (χ4n) is 0.299. The van der Waals surface area contributed by atoms with Crippen molar-refractivity contribution in [3.63, 3.8) is 0 Å². The summed E-state index contributed by atoms with van der Waals surface area (Å²) < 4.78 is 110. The number of hydrazine groups is 2. The van der Waals surface area contributed by atoms with Crippen molar-refractivity contribution >= 4 is 30.7 Å². The summed E-state index contributed by atoms with van der Waals surface area (Å²) >= 11 is 0. The Kier molecular flexibility index (Phi) is 11.4. The monoisotopic (exact) mass is 335 g/mol. The summed E-state index contributed by atoms with van der Waals surface area (Å²) in [6.45, 7) is 0. The molecule has 0 unspecified atom stereocenters. The zero-order valence-electron chi connectivity index (χ0n) is 9.49. The van der Waals surface area contributed by atoms with Gasteiger partial charge in [0.1, 0.15) is 0 Å². The molecule has 0 aliphatic carbocycles. The van der Waals surface area contributed by atoms with Crippen molar-refractivity contribution in [2.24, 2.45) is 0 Å². The quantitative estimate of drug-likeness (QED) is 0.341. The maximum absolute atomic E-state index is 11.3. The molecule has 0 aromatic heterocycles. The van der Waals surface area contributed by atoms with E-state index in [1.165, 1.54) is 0 Å². The van der Waals surface area contributed by atoms with Crippen molar-refractivity contribution in [1.29, 1.82) is 0 Å². The summed E-state index contributed by atoms with van der Waals surface area (Å²) in [6, 6.07) is 0. The smallest absolute Gasteiger partial charge is 0.260 e. The molecule has 0 aromatic rings. The van der Waals surface area contributed by atoms with Crippen LogP contribution >= 0.6 is 0 Å². The van der Waals surface area contributed by atoms with Crippen LogP contribution in [0.3, 0.4) is 0 Å². The van der Waals surface area contributed by atoms with Crippen LogP contribution in [-0.4, -0.2) is 53.5 Å². The molecule has 0 aliphatic rings. The van der Waals surface area contributed by atoms with Crippen LogP contribution in [0.25, 0.3) is 0 Å². The van der Waals surface area contributed by atoms with Crippen LogP contribution < -0.4 is 11.3 Å². The molecule has 0 atom stereocenters. The van der Waals surface area contributed by atoms with Gasteiger partial charge in [0.25, 0.3) is 0 Å². The minimum atomic E-state index is -5.41. The standard InChI is InChI=1S/2C2HF5N2O.Li/c2*3-2(4,5)1(10)9(7)8-6;/h2*8H;. The number of nitrogens with zero attached hydrogens (tertiary/aromatic N) is 2. The SMILES string of the molecule is O=C(N(F)NF)C(F)(F)F.O=C(N(F)NF)C(F)(F)F.[Li]. The fraction of sp³-hybridized carbons (Fsp3) is 0.500. The Hall–Kier alpha value is -1.24. The normalized spacial score (nSPS) is 10.8. The second-order valence-corrected chi connectivity index (χ2v) is 2.34. The Bertz CT molecular complexity index is 302. The van der Waals surface area contributed by atoms with E-state index in [9.17, 15) is 53.9 Å². The van der Waals surface area contributed by atoms with Gasteiger partial charge in [-0.1, -0.05) is 19.4 Å². The van der Waals surface area contributed by atoms with Crippen molar-refractivity contribution in [3.05, 3.63) is 0 Å². The molecular weight excluding hydrogens is 333 g/mol. The fourth-order valence-corrected chi connectivity index (χ4v) is 0.299. The molecule has 0 bridgehead atoms. The second-order valence-electron chi connectivity index (χ2n) is 2.34. The number of halogens is 10. The number of alkyl halides is 6. The Labute approximate surface area is 119 Å². The first-order chi connectivity index (χ1) is 8.78. The molecule has 0 fully saturated rings. The molecule has 0 saturated heterocycles. The Morgan fingerprint density at radius 3 is 0.952 bits per heavy atom. The van der Waals surface area contributed by atoms with Gasteiger partial charge in [-0.2, -0.15) is 26.3 Å². The maximum Gasteiger partial charge on any atom is 0.475 e. The topological polar surface area (TPSA) is 64.7 Å². The number of carbonyl (C=O) groups is 2. The van der Waals surface area contributed by atoms with E-state index in [0.29, 0.717) is 0 Å². The minimum Gasteiger partial charge on any atom is -0.260 e. The van der Waals surface area contributed by atoms with E-state index in [1.807, 2.05) is 0 Å². The van der Waals surface area contributed by atoms with E-state index in [-0.39, 0.29) is 30.2 Å². The van der Waals surface area contributed by atoms with Crippen molar-refractivity contribution in [2.75, 3.05) is 0 Å². The van der Waals surface area contributed by atoms with Crippen LogP contribution in [0.15, 0.2) is 0 Å². The number of carbonyl (C=O) groups excluding carboxylic acids is 2. The van der Waals surface area contributed by atoms with Crippen molar-refractivity contribution in [3.8, 4) is 0 Å². The summed E-state index contributed by atoms with van der Waals surface area (Å²) in [4.78, 5) is 19.0. The molecule has 0 aromatic carbocycles. The average Bonchev–Trinajstić information content (AvgIpc) is 2.33. The number of hydrogen-bond acceptors (Lipinski definition) is 4. The molecule has 0 saturated carbocycles. The molecule has 121 valence electrons. The summed E-state index contributed by atoms with van der Waals surface area (Å²) in [5.74, 6) is -5.90. The molecule has 6 nitrogen and oxygen atoms in total. The minimum absolute atomic E-state index is 0. The van der Waals surface area contributed by atoms with Gasteiger partial charge in [-0.05, 0) is 11.3 Å². The Morgan fingerprint density at radius 2 is 0.905 bits per heavy atom. The first-order valence-corrected chi connectivity index (χ1v) is 3.65. The van der Waals surface area contributed by atoms with Gasteiger partial charge in [-0.15, -0.1) is 8.96 Å². The van der Waals surface area contributed by atoms with E-state index < -0.39 is 34.6 Å². The third kappa shape index (κ3) is 10.2. The van der Waals surface area contributed by atoms with E-state index in [2.05, 4.69) is 0 Å². The molecule has 2 amide bonds.